The summed E-state index contributed by atoms with van der Waals surface area (Å²) in [6, 6.07) is 13.9. The molecule has 0 radical (unpaired) electrons. The van der Waals surface area contributed by atoms with Crippen molar-refractivity contribution in [2.75, 3.05) is 13.1 Å². The fourth-order valence-corrected chi connectivity index (χ4v) is 5.63. The van der Waals surface area contributed by atoms with Crippen molar-refractivity contribution >= 4 is 27.5 Å². The molecule has 1 aromatic heterocycles. The molecule has 7 nitrogen and oxygen atoms in total. The zero-order valence-corrected chi connectivity index (χ0v) is 19.3. The molecule has 0 bridgehead atoms. The number of nitrogens with zero attached hydrogens (tertiary/aromatic N) is 3. The van der Waals surface area contributed by atoms with E-state index in [0.29, 0.717) is 31.0 Å². The molecule has 0 unspecified atom stereocenters. The van der Waals surface area contributed by atoms with Crippen LogP contribution in [0.4, 0.5) is 0 Å². The van der Waals surface area contributed by atoms with E-state index in [4.69, 9.17) is 11.6 Å². The Morgan fingerprint density at radius 1 is 1.19 bits per heavy atom. The van der Waals surface area contributed by atoms with Gasteiger partial charge in [0.2, 0.25) is 15.9 Å². The molecule has 1 amide bonds. The summed E-state index contributed by atoms with van der Waals surface area (Å²) in [4.78, 5) is 17.4. The van der Waals surface area contributed by atoms with Gasteiger partial charge in [0, 0.05) is 37.1 Å². The topological polar surface area (TPSA) is 84.3 Å². The molecule has 1 aliphatic heterocycles. The van der Waals surface area contributed by atoms with Crippen molar-refractivity contribution in [2.45, 2.75) is 31.2 Å². The van der Waals surface area contributed by atoms with E-state index in [0.717, 1.165) is 17.1 Å². The third-order valence-corrected chi connectivity index (χ3v) is 7.87. The van der Waals surface area contributed by atoms with Crippen LogP contribution >= 0.6 is 11.6 Å². The first kappa shape index (κ1) is 22.5. The van der Waals surface area contributed by atoms with E-state index < -0.39 is 15.9 Å². The minimum atomic E-state index is -3.67. The van der Waals surface area contributed by atoms with Crippen LogP contribution in [0.5, 0.6) is 0 Å². The summed E-state index contributed by atoms with van der Waals surface area (Å²) in [6.45, 7) is 2.84. The van der Waals surface area contributed by atoms with Gasteiger partial charge in [-0.25, -0.2) is 13.4 Å². The number of halogens is 1. The number of imidazole rings is 1. The van der Waals surface area contributed by atoms with Crippen molar-refractivity contribution in [3.05, 3.63) is 77.3 Å². The Morgan fingerprint density at radius 2 is 1.94 bits per heavy atom. The van der Waals surface area contributed by atoms with Gasteiger partial charge in [0.05, 0.1) is 16.5 Å². The smallest absolute Gasteiger partial charge is 0.243 e. The molecule has 4 rings (SSSR count). The van der Waals surface area contributed by atoms with E-state index in [1.807, 2.05) is 42.0 Å². The van der Waals surface area contributed by atoms with Crippen molar-refractivity contribution in [1.82, 2.24) is 19.2 Å². The molecule has 32 heavy (non-hydrogen) atoms. The van der Waals surface area contributed by atoms with Crippen LogP contribution in [-0.2, 0) is 21.4 Å². The van der Waals surface area contributed by atoms with Gasteiger partial charge < -0.3 is 9.88 Å². The van der Waals surface area contributed by atoms with Gasteiger partial charge >= 0.3 is 0 Å². The Balaban J connectivity index is 1.44. The van der Waals surface area contributed by atoms with Gasteiger partial charge in [0.1, 0.15) is 5.82 Å². The summed E-state index contributed by atoms with van der Waals surface area (Å²) >= 11 is 5.88. The van der Waals surface area contributed by atoms with Crippen LogP contribution < -0.4 is 5.32 Å². The largest absolute Gasteiger partial charge is 0.352 e. The quantitative estimate of drug-likeness (QED) is 0.594. The monoisotopic (exact) mass is 472 g/mol. The van der Waals surface area contributed by atoms with Crippen LogP contribution in [0.2, 0.25) is 5.02 Å². The molecule has 3 aromatic rings. The van der Waals surface area contributed by atoms with Gasteiger partial charge in [-0.3, -0.25) is 4.79 Å². The summed E-state index contributed by atoms with van der Waals surface area (Å²) in [5.41, 5.74) is 1.92. The summed E-state index contributed by atoms with van der Waals surface area (Å²) in [5, 5.41) is 3.48. The number of carbonyl (C=O) groups excluding carboxylic acids is 1. The minimum absolute atomic E-state index is 0.141. The average molecular weight is 473 g/mol. The Hall–Kier alpha value is -2.68. The first-order chi connectivity index (χ1) is 15.4. The number of rotatable bonds is 6. The normalized spacial score (nSPS) is 17.2. The van der Waals surface area contributed by atoms with Gasteiger partial charge in [0.25, 0.3) is 0 Å². The standard InChI is InChI=1S/C23H25ClN4O3S/c1-17-25-12-14-28(17)22-7-3-2-5-18(22)15-26-23(29)19-6-4-13-27(16-19)32(30,31)21-10-8-20(24)9-11-21/h2-3,5,7-12,14,19H,4,6,13,15-16H2,1H3,(H,26,29)/t19-/m0/s1. The third kappa shape index (κ3) is 4.72. The fourth-order valence-electron chi connectivity index (χ4n) is 3.98. The third-order valence-electron chi connectivity index (χ3n) is 5.74. The molecule has 2 aromatic carbocycles. The second-order valence-electron chi connectivity index (χ2n) is 7.85. The van der Waals surface area contributed by atoms with Crippen molar-refractivity contribution in [2.24, 2.45) is 5.92 Å². The number of aromatic nitrogens is 2. The van der Waals surface area contributed by atoms with E-state index in [1.165, 1.54) is 16.4 Å². The van der Waals surface area contributed by atoms with Crippen LogP contribution in [0.25, 0.3) is 5.69 Å². The molecular formula is C23H25ClN4O3S. The molecule has 1 aliphatic rings. The Kier molecular flexibility index (Phi) is 6.64. The maximum atomic E-state index is 13.0. The number of nitrogens with one attached hydrogen (secondary N) is 1. The lowest BCUT2D eigenvalue weighted by Crippen LogP contribution is -2.45. The Labute approximate surface area is 193 Å². The lowest BCUT2D eigenvalue weighted by molar-refractivity contribution is -0.126. The minimum Gasteiger partial charge on any atom is -0.352 e. The molecule has 0 saturated carbocycles. The predicted molar refractivity (Wildman–Crippen MR) is 123 cm³/mol. The molecule has 1 N–H and O–H groups in total. The fraction of sp³-hybridized carbons (Fsp3) is 0.304. The molecule has 1 saturated heterocycles. The maximum absolute atomic E-state index is 13.0. The second kappa shape index (κ2) is 9.44. The Morgan fingerprint density at radius 3 is 2.66 bits per heavy atom. The lowest BCUT2D eigenvalue weighted by Gasteiger charge is -2.31. The molecule has 168 valence electrons. The van der Waals surface area contributed by atoms with E-state index in [1.54, 1.807) is 18.3 Å². The summed E-state index contributed by atoms with van der Waals surface area (Å²) in [5.74, 6) is 0.324. The highest BCUT2D eigenvalue weighted by Crippen LogP contribution is 2.25. The van der Waals surface area contributed by atoms with Crippen molar-refractivity contribution in [3.63, 3.8) is 0 Å². The first-order valence-electron chi connectivity index (χ1n) is 10.5. The number of amides is 1. The highest BCUT2D eigenvalue weighted by atomic mass is 35.5. The maximum Gasteiger partial charge on any atom is 0.243 e. The summed E-state index contributed by atoms with van der Waals surface area (Å²) in [6.07, 6.45) is 4.91. The summed E-state index contributed by atoms with van der Waals surface area (Å²) in [7, 11) is -3.67. The van der Waals surface area contributed by atoms with Crippen LogP contribution in [0.15, 0.2) is 65.8 Å². The predicted octanol–water partition coefficient (Wildman–Crippen LogP) is 3.55. The number of carbonyl (C=O) groups is 1. The number of hydrogen-bond acceptors (Lipinski definition) is 4. The molecule has 1 atom stereocenters. The molecule has 0 aliphatic carbocycles. The number of sulfonamides is 1. The molecule has 1 fully saturated rings. The van der Waals surface area contributed by atoms with E-state index >= 15 is 0 Å². The van der Waals surface area contributed by atoms with Crippen LogP contribution in [0.3, 0.4) is 0 Å². The van der Waals surface area contributed by atoms with Crippen molar-refractivity contribution in [1.29, 1.82) is 0 Å². The number of para-hydroxylation sites is 1. The van der Waals surface area contributed by atoms with Gasteiger partial charge in [-0.15, -0.1) is 0 Å². The summed E-state index contributed by atoms with van der Waals surface area (Å²) < 4.78 is 29.4. The average Bonchev–Trinajstić information content (AvgIpc) is 3.23. The van der Waals surface area contributed by atoms with E-state index in [2.05, 4.69) is 10.3 Å². The van der Waals surface area contributed by atoms with Crippen molar-refractivity contribution < 1.29 is 13.2 Å². The van der Waals surface area contributed by atoms with Gasteiger partial charge in [0.15, 0.2) is 0 Å². The highest BCUT2D eigenvalue weighted by Gasteiger charge is 2.33. The zero-order chi connectivity index (χ0) is 22.7. The lowest BCUT2D eigenvalue weighted by atomic mass is 9.98. The van der Waals surface area contributed by atoms with Gasteiger partial charge in [-0.1, -0.05) is 29.8 Å². The first-order valence-corrected chi connectivity index (χ1v) is 12.3. The molecule has 2 heterocycles. The van der Waals surface area contributed by atoms with Crippen molar-refractivity contribution in [3.8, 4) is 5.69 Å². The van der Waals surface area contributed by atoms with E-state index in [-0.39, 0.29) is 17.3 Å². The highest BCUT2D eigenvalue weighted by molar-refractivity contribution is 7.89. The second-order valence-corrected chi connectivity index (χ2v) is 10.2. The van der Waals surface area contributed by atoms with Gasteiger partial charge in [-0.05, 0) is 55.7 Å². The van der Waals surface area contributed by atoms with Crippen LogP contribution in [-0.4, -0.2) is 41.3 Å². The number of hydrogen-bond donors (Lipinski definition) is 1. The number of benzene rings is 2. The molecule has 0 spiro atoms. The number of piperidine rings is 1. The van der Waals surface area contributed by atoms with Crippen LogP contribution in [0, 0.1) is 12.8 Å². The van der Waals surface area contributed by atoms with E-state index in [9.17, 15) is 13.2 Å². The SMILES string of the molecule is Cc1nccn1-c1ccccc1CNC(=O)[C@H]1CCCN(S(=O)(=O)c2ccc(Cl)cc2)C1. The molecule has 9 heteroatoms. The molecular weight excluding hydrogens is 448 g/mol. The zero-order valence-electron chi connectivity index (χ0n) is 17.7. The van der Waals surface area contributed by atoms with Crippen LogP contribution in [0.1, 0.15) is 24.2 Å². The number of aryl methyl sites for hydroxylation is 1. The van der Waals surface area contributed by atoms with Gasteiger partial charge in [-0.2, -0.15) is 4.31 Å². The Bertz CT molecular complexity index is 1210.